The highest BCUT2D eigenvalue weighted by atomic mass is 19.1. The lowest BCUT2D eigenvalue weighted by Crippen LogP contribution is -2.23. The minimum absolute atomic E-state index is 0.146. The first-order valence-corrected chi connectivity index (χ1v) is 5.33. The van der Waals surface area contributed by atoms with Gasteiger partial charge in [-0.25, -0.2) is 9.07 Å². The van der Waals surface area contributed by atoms with E-state index in [1.807, 2.05) is 6.07 Å². The third kappa shape index (κ3) is 2.61. The number of hydrogen-bond acceptors (Lipinski definition) is 3. The van der Waals surface area contributed by atoms with Gasteiger partial charge in [0.2, 0.25) is 0 Å². The number of benzene rings is 1. The smallest absolute Gasteiger partial charge is 0.267 e. The van der Waals surface area contributed by atoms with Gasteiger partial charge in [-0.2, -0.15) is 10.4 Å². The summed E-state index contributed by atoms with van der Waals surface area (Å²) in [4.78, 5) is 11.6. The third-order valence-electron chi connectivity index (χ3n) is 2.42. The molecule has 0 aliphatic heterocycles. The number of hydrogen-bond donors (Lipinski definition) is 0. The van der Waals surface area contributed by atoms with Crippen molar-refractivity contribution in [1.29, 1.82) is 5.26 Å². The standard InChI is InChI=1S/C13H10FN3O/c1-9-2-3-13(18)17(16-9)8-11-4-10(7-15)5-12(14)6-11/h2-6H,8H2,1H3. The molecule has 0 saturated carbocycles. The zero-order chi connectivity index (χ0) is 13.1. The maximum absolute atomic E-state index is 13.2. The van der Waals surface area contributed by atoms with E-state index in [0.717, 1.165) is 6.07 Å². The molecule has 2 aromatic rings. The van der Waals surface area contributed by atoms with Gasteiger partial charge in [0.05, 0.1) is 23.9 Å². The second-order valence-electron chi connectivity index (χ2n) is 3.93. The van der Waals surface area contributed by atoms with E-state index in [4.69, 9.17) is 5.26 Å². The van der Waals surface area contributed by atoms with Gasteiger partial charge in [0, 0.05) is 6.07 Å². The topological polar surface area (TPSA) is 58.7 Å². The van der Waals surface area contributed by atoms with Crippen LogP contribution >= 0.6 is 0 Å². The number of aryl methyl sites for hydroxylation is 1. The SMILES string of the molecule is Cc1ccc(=O)n(Cc2cc(F)cc(C#N)c2)n1. The Hall–Kier alpha value is -2.48. The molecule has 0 N–H and O–H groups in total. The van der Waals surface area contributed by atoms with Crippen molar-refractivity contribution in [3.8, 4) is 6.07 Å². The molecule has 90 valence electrons. The minimum Gasteiger partial charge on any atom is -0.268 e. The molecule has 5 heteroatoms. The van der Waals surface area contributed by atoms with Crippen molar-refractivity contribution in [2.24, 2.45) is 0 Å². The fraction of sp³-hybridized carbons (Fsp3) is 0.154. The fourth-order valence-corrected chi connectivity index (χ4v) is 1.64. The Morgan fingerprint density at radius 1 is 1.39 bits per heavy atom. The van der Waals surface area contributed by atoms with Gasteiger partial charge in [0.1, 0.15) is 5.82 Å². The van der Waals surface area contributed by atoms with E-state index in [2.05, 4.69) is 5.10 Å². The molecular formula is C13H10FN3O. The zero-order valence-electron chi connectivity index (χ0n) is 9.72. The van der Waals surface area contributed by atoms with Crippen LogP contribution in [-0.2, 0) is 6.54 Å². The van der Waals surface area contributed by atoms with Crippen LogP contribution in [0.25, 0.3) is 0 Å². The maximum Gasteiger partial charge on any atom is 0.267 e. The van der Waals surface area contributed by atoms with Gasteiger partial charge >= 0.3 is 0 Å². The van der Waals surface area contributed by atoms with Crippen molar-refractivity contribution in [2.75, 3.05) is 0 Å². The molecule has 1 heterocycles. The number of nitriles is 1. The first kappa shape index (κ1) is 12.0. The van der Waals surface area contributed by atoms with Gasteiger partial charge in [-0.3, -0.25) is 4.79 Å². The van der Waals surface area contributed by atoms with Gasteiger partial charge in [0.15, 0.2) is 0 Å². The van der Waals surface area contributed by atoms with Crippen LogP contribution in [0.4, 0.5) is 4.39 Å². The minimum atomic E-state index is -0.496. The van der Waals surface area contributed by atoms with E-state index in [1.165, 1.54) is 16.8 Å². The van der Waals surface area contributed by atoms with Crippen molar-refractivity contribution in [3.05, 3.63) is 63.3 Å². The van der Waals surface area contributed by atoms with Crippen molar-refractivity contribution in [3.63, 3.8) is 0 Å². The van der Waals surface area contributed by atoms with E-state index >= 15 is 0 Å². The Labute approximate surface area is 103 Å². The second-order valence-corrected chi connectivity index (χ2v) is 3.93. The van der Waals surface area contributed by atoms with Crippen LogP contribution in [0.1, 0.15) is 16.8 Å². The Balaban J connectivity index is 2.40. The first-order chi connectivity index (χ1) is 8.58. The molecule has 0 atom stereocenters. The molecule has 0 aliphatic carbocycles. The van der Waals surface area contributed by atoms with Gasteiger partial charge < -0.3 is 0 Å². The summed E-state index contributed by atoms with van der Waals surface area (Å²) in [6.07, 6.45) is 0. The van der Waals surface area contributed by atoms with Gasteiger partial charge in [-0.05, 0) is 36.8 Å². The van der Waals surface area contributed by atoms with E-state index < -0.39 is 5.82 Å². The molecule has 0 fully saturated rings. The largest absolute Gasteiger partial charge is 0.268 e. The lowest BCUT2D eigenvalue weighted by molar-refractivity contribution is 0.606. The van der Waals surface area contributed by atoms with E-state index in [1.54, 1.807) is 19.1 Å². The fourth-order valence-electron chi connectivity index (χ4n) is 1.64. The zero-order valence-corrected chi connectivity index (χ0v) is 9.72. The number of halogens is 1. The second kappa shape index (κ2) is 4.80. The predicted molar refractivity (Wildman–Crippen MR) is 63.5 cm³/mol. The van der Waals surface area contributed by atoms with Crippen LogP contribution in [0.5, 0.6) is 0 Å². The highest BCUT2D eigenvalue weighted by molar-refractivity contribution is 5.33. The summed E-state index contributed by atoms with van der Waals surface area (Å²) < 4.78 is 14.5. The van der Waals surface area contributed by atoms with E-state index in [0.29, 0.717) is 11.3 Å². The Kier molecular flexibility index (Phi) is 3.20. The van der Waals surface area contributed by atoms with Crippen molar-refractivity contribution >= 4 is 0 Å². The number of nitrogens with zero attached hydrogens (tertiary/aromatic N) is 3. The number of rotatable bonds is 2. The average Bonchev–Trinajstić information content (AvgIpc) is 2.33. The van der Waals surface area contributed by atoms with Gasteiger partial charge in [-0.1, -0.05) is 0 Å². The van der Waals surface area contributed by atoms with Crippen LogP contribution in [0.15, 0.2) is 35.1 Å². The molecule has 1 aromatic heterocycles. The van der Waals surface area contributed by atoms with Crippen LogP contribution in [0.3, 0.4) is 0 Å². The Morgan fingerprint density at radius 2 is 2.17 bits per heavy atom. The molecule has 18 heavy (non-hydrogen) atoms. The Bertz CT molecular complexity index is 685. The lowest BCUT2D eigenvalue weighted by atomic mass is 10.1. The monoisotopic (exact) mass is 243 g/mol. The van der Waals surface area contributed by atoms with Gasteiger partial charge in [0.25, 0.3) is 5.56 Å². The van der Waals surface area contributed by atoms with Crippen molar-refractivity contribution in [1.82, 2.24) is 9.78 Å². The van der Waals surface area contributed by atoms with Crippen LogP contribution < -0.4 is 5.56 Å². The molecular weight excluding hydrogens is 233 g/mol. The summed E-state index contributed by atoms with van der Waals surface area (Å²) in [5, 5.41) is 12.8. The van der Waals surface area contributed by atoms with E-state index in [9.17, 15) is 9.18 Å². The normalized spacial score (nSPS) is 10.1. The molecule has 0 radical (unpaired) electrons. The maximum atomic E-state index is 13.2. The summed E-state index contributed by atoms with van der Waals surface area (Å²) in [6.45, 7) is 1.91. The summed E-state index contributed by atoms with van der Waals surface area (Å²) in [6, 6.07) is 8.88. The van der Waals surface area contributed by atoms with Crippen molar-refractivity contribution < 1.29 is 4.39 Å². The molecule has 2 rings (SSSR count). The molecule has 0 bridgehead atoms. The predicted octanol–water partition coefficient (Wildman–Crippen LogP) is 1.61. The quantitative estimate of drug-likeness (QED) is 0.805. The lowest BCUT2D eigenvalue weighted by Gasteiger charge is -2.05. The third-order valence-corrected chi connectivity index (χ3v) is 2.42. The summed E-state index contributed by atoms with van der Waals surface area (Å²) in [7, 11) is 0. The molecule has 0 amide bonds. The van der Waals surface area contributed by atoms with E-state index in [-0.39, 0.29) is 17.7 Å². The number of aromatic nitrogens is 2. The summed E-state index contributed by atoms with van der Waals surface area (Å²) in [5.41, 5.74) is 1.20. The molecule has 0 saturated heterocycles. The highest BCUT2D eigenvalue weighted by Crippen LogP contribution is 2.09. The van der Waals surface area contributed by atoms with Gasteiger partial charge in [-0.15, -0.1) is 0 Å². The highest BCUT2D eigenvalue weighted by Gasteiger charge is 2.04. The summed E-state index contributed by atoms with van der Waals surface area (Å²) in [5.74, 6) is -0.496. The average molecular weight is 243 g/mol. The van der Waals surface area contributed by atoms with Crippen molar-refractivity contribution in [2.45, 2.75) is 13.5 Å². The summed E-state index contributed by atoms with van der Waals surface area (Å²) >= 11 is 0. The molecule has 1 aromatic carbocycles. The van der Waals surface area contributed by atoms with Crippen LogP contribution in [0, 0.1) is 24.1 Å². The molecule has 0 spiro atoms. The Morgan fingerprint density at radius 3 is 2.89 bits per heavy atom. The molecule has 4 nitrogen and oxygen atoms in total. The molecule has 0 unspecified atom stereocenters. The van der Waals surface area contributed by atoms with Crippen LogP contribution in [-0.4, -0.2) is 9.78 Å². The first-order valence-electron chi connectivity index (χ1n) is 5.33. The van der Waals surface area contributed by atoms with Crippen LogP contribution in [0.2, 0.25) is 0 Å². The molecule has 0 aliphatic rings.